The zero-order valence-corrected chi connectivity index (χ0v) is 16.9. The average Bonchev–Trinajstić information content (AvgIpc) is 2.69. The van der Waals surface area contributed by atoms with Crippen LogP contribution in [0.25, 0.3) is 0 Å². The van der Waals surface area contributed by atoms with Crippen molar-refractivity contribution in [1.82, 2.24) is 15.2 Å². The van der Waals surface area contributed by atoms with E-state index < -0.39 is 0 Å². The zero-order chi connectivity index (χ0) is 19.9. The molecule has 0 radical (unpaired) electrons. The third-order valence-corrected chi connectivity index (χ3v) is 4.92. The number of aliphatic imine (C=N–C) groups is 1. The maximum atomic E-state index is 13.3. The number of ether oxygens (including phenoxy) is 1. The summed E-state index contributed by atoms with van der Waals surface area (Å²) < 4.78 is 19.4. The van der Waals surface area contributed by atoms with E-state index in [2.05, 4.69) is 42.0 Å². The number of pyridine rings is 1. The summed E-state index contributed by atoms with van der Waals surface area (Å²) in [6.45, 7) is 9.19. The van der Waals surface area contributed by atoms with Gasteiger partial charge in [-0.25, -0.2) is 4.39 Å². The van der Waals surface area contributed by atoms with Crippen molar-refractivity contribution in [2.75, 3.05) is 26.2 Å². The van der Waals surface area contributed by atoms with Crippen LogP contribution < -0.4 is 5.32 Å². The molecule has 0 saturated carbocycles. The Morgan fingerprint density at radius 2 is 2.07 bits per heavy atom. The SMILES string of the molecule is CCNC(=NCCc1ccncc1C)N1CC(C)OC(c2ccc(F)cc2)C1. The maximum Gasteiger partial charge on any atom is 0.194 e. The molecule has 2 atom stereocenters. The Balaban J connectivity index is 1.70. The molecule has 2 aromatic rings. The van der Waals surface area contributed by atoms with Crippen molar-refractivity contribution in [3.8, 4) is 0 Å². The fourth-order valence-corrected chi connectivity index (χ4v) is 3.48. The molecule has 150 valence electrons. The highest BCUT2D eigenvalue weighted by Gasteiger charge is 2.28. The molecule has 1 N–H and O–H groups in total. The summed E-state index contributed by atoms with van der Waals surface area (Å²) in [4.78, 5) is 11.2. The van der Waals surface area contributed by atoms with Crippen molar-refractivity contribution in [1.29, 1.82) is 0 Å². The molecule has 1 fully saturated rings. The van der Waals surface area contributed by atoms with Crippen LogP contribution in [0.3, 0.4) is 0 Å². The highest BCUT2D eigenvalue weighted by molar-refractivity contribution is 5.80. The normalized spacial score (nSPS) is 20.3. The van der Waals surface area contributed by atoms with Crippen LogP contribution in [-0.4, -0.2) is 48.1 Å². The van der Waals surface area contributed by atoms with E-state index in [1.165, 1.54) is 23.3 Å². The van der Waals surface area contributed by atoms with E-state index >= 15 is 0 Å². The molecule has 1 aliphatic rings. The predicted molar refractivity (Wildman–Crippen MR) is 110 cm³/mol. The van der Waals surface area contributed by atoms with Gasteiger partial charge in [0.25, 0.3) is 0 Å². The minimum atomic E-state index is -0.231. The topological polar surface area (TPSA) is 49.8 Å². The largest absolute Gasteiger partial charge is 0.367 e. The first-order chi connectivity index (χ1) is 13.6. The summed E-state index contributed by atoms with van der Waals surface area (Å²) >= 11 is 0. The van der Waals surface area contributed by atoms with Gasteiger partial charge in [0.05, 0.1) is 12.6 Å². The first kappa shape index (κ1) is 20.3. The van der Waals surface area contributed by atoms with Crippen LogP contribution in [0.5, 0.6) is 0 Å². The Labute approximate surface area is 166 Å². The molecule has 28 heavy (non-hydrogen) atoms. The van der Waals surface area contributed by atoms with E-state index in [4.69, 9.17) is 9.73 Å². The third kappa shape index (κ3) is 5.29. The molecule has 0 amide bonds. The summed E-state index contributed by atoms with van der Waals surface area (Å²) in [7, 11) is 0. The summed E-state index contributed by atoms with van der Waals surface area (Å²) in [5.74, 6) is 0.669. The van der Waals surface area contributed by atoms with Crippen molar-refractivity contribution >= 4 is 5.96 Å². The van der Waals surface area contributed by atoms with Gasteiger partial charge < -0.3 is 15.0 Å². The fourth-order valence-electron chi connectivity index (χ4n) is 3.48. The van der Waals surface area contributed by atoms with Crippen LogP contribution in [0, 0.1) is 12.7 Å². The average molecular weight is 384 g/mol. The van der Waals surface area contributed by atoms with Gasteiger partial charge in [-0.1, -0.05) is 12.1 Å². The third-order valence-electron chi connectivity index (χ3n) is 4.92. The molecule has 1 aromatic heterocycles. The van der Waals surface area contributed by atoms with E-state index in [0.717, 1.165) is 31.0 Å². The second kappa shape index (κ2) is 9.64. The second-order valence-corrected chi connectivity index (χ2v) is 7.18. The lowest BCUT2D eigenvalue weighted by atomic mass is 10.1. The standard InChI is InChI=1S/C22H29FN4O/c1-4-25-22(26-12-10-18-9-11-24-13-16(18)2)27-14-17(3)28-21(15-27)19-5-7-20(23)8-6-19/h5-9,11,13,17,21H,4,10,12,14-15H2,1-3H3,(H,25,26). The number of morpholine rings is 1. The van der Waals surface area contributed by atoms with Crippen molar-refractivity contribution in [3.05, 3.63) is 65.2 Å². The van der Waals surface area contributed by atoms with Crippen LogP contribution in [0.2, 0.25) is 0 Å². The number of rotatable bonds is 5. The van der Waals surface area contributed by atoms with Gasteiger partial charge in [0.15, 0.2) is 5.96 Å². The molecular weight excluding hydrogens is 355 g/mol. The molecule has 0 spiro atoms. The smallest absolute Gasteiger partial charge is 0.194 e. The molecule has 1 aromatic carbocycles. The summed E-state index contributed by atoms with van der Waals surface area (Å²) in [6.07, 6.45) is 4.56. The molecule has 5 nitrogen and oxygen atoms in total. The van der Waals surface area contributed by atoms with Gasteiger partial charge in [-0.05, 0) is 62.1 Å². The number of halogens is 1. The summed E-state index contributed by atoms with van der Waals surface area (Å²) in [6, 6.07) is 8.62. The Hall–Kier alpha value is -2.47. The number of guanidine groups is 1. The molecule has 2 unspecified atom stereocenters. The molecule has 1 aliphatic heterocycles. The quantitative estimate of drug-likeness (QED) is 0.633. The molecule has 0 aliphatic carbocycles. The van der Waals surface area contributed by atoms with Crippen LogP contribution in [0.4, 0.5) is 4.39 Å². The number of hydrogen-bond donors (Lipinski definition) is 1. The van der Waals surface area contributed by atoms with Crippen molar-refractivity contribution < 1.29 is 9.13 Å². The van der Waals surface area contributed by atoms with Crippen LogP contribution in [0.15, 0.2) is 47.7 Å². The second-order valence-electron chi connectivity index (χ2n) is 7.18. The minimum absolute atomic E-state index is 0.0649. The number of hydrogen-bond acceptors (Lipinski definition) is 3. The highest BCUT2D eigenvalue weighted by atomic mass is 19.1. The molecule has 6 heteroatoms. The number of aryl methyl sites for hydroxylation is 1. The van der Waals surface area contributed by atoms with E-state index in [1.54, 1.807) is 12.1 Å². The van der Waals surface area contributed by atoms with Gasteiger partial charge in [-0.2, -0.15) is 0 Å². The van der Waals surface area contributed by atoms with Crippen LogP contribution >= 0.6 is 0 Å². The van der Waals surface area contributed by atoms with Gasteiger partial charge in [-0.3, -0.25) is 9.98 Å². The molecule has 2 heterocycles. The monoisotopic (exact) mass is 384 g/mol. The zero-order valence-electron chi connectivity index (χ0n) is 16.9. The lowest BCUT2D eigenvalue weighted by molar-refractivity contribution is -0.0605. The van der Waals surface area contributed by atoms with E-state index in [0.29, 0.717) is 13.1 Å². The number of nitrogens with one attached hydrogen (secondary N) is 1. The van der Waals surface area contributed by atoms with Crippen molar-refractivity contribution in [3.63, 3.8) is 0 Å². The van der Waals surface area contributed by atoms with Crippen LogP contribution in [0.1, 0.15) is 36.6 Å². The van der Waals surface area contributed by atoms with Gasteiger partial charge in [0.1, 0.15) is 11.9 Å². The van der Waals surface area contributed by atoms with Crippen LogP contribution in [-0.2, 0) is 11.2 Å². The number of nitrogens with zero attached hydrogens (tertiary/aromatic N) is 3. The van der Waals surface area contributed by atoms with Gasteiger partial charge in [0, 0.05) is 32.0 Å². The van der Waals surface area contributed by atoms with Gasteiger partial charge in [0.2, 0.25) is 0 Å². The highest BCUT2D eigenvalue weighted by Crippen LogP contribution is 2.25. The Morgan fingerprint density at radius 3 is 2.79 bits per heavy atom. The Morgan fingerprint density at radius 1 is 1.29 bits per heavy atom. The van der Waals surface area contributed by atoms with Gasteiger partial charge >= 0.3 is 0 Å². The van der Waals surface area contributed by atoms with Gasteiger partial charge in [-0.15, -0.1) is 0 Å². The Kier molecular flexibility index (Phi) is 6.98. The Bertz CT molecular complexity index is 793. The number of aromatic nitrogens is 1. The van der Waals surface area contributed by atoms with Crippen molar-refractivity contribution in [2.24, 2.45) is 4.99 Å². The van der Waals surface area contributed by atoms with Crippen molar-refractivity contribution in [2.45, 2.75) is 39.4 Å². The molecule has 0 bridgehead atoms. The lowest BCUT2D eigenvalue weighted by Gasteiger charge is -2.38. The maximum absolute atomic E-state index is 13.3. The summed E-state index contributed by atoms with van der Waals surface area (Å²) in [5.41, 5.74) is 3.45. The molecule has 1 saturated heterocycles. The van der Waals surface area contributed by atoms with E-state index in [-0.39, 0.29) is 18.0 Å². The summed E-state index contributed by atoms with van der Waals surface area (Å²) in [5, 5.41) is 3.40. The minimum Gasteiger partial charge on any atom is -0.367 e. The van der Waals surface area contributed by atoms with E-state index in [1.807, 2.05) is 12.4 Å². The van der Waals surface area contributed by atoms with E-state index in [9.17, 15) is 4.39 Å². The molecule has 3 rings (SSSR count). The lowest BCUT2D eigenvalue weighted by Crippen LogP contribution is -2.50. The fraction of sp³-hybridized carbons (Fsp3) is 0.455. The first-order valence-electron chi connectivity index (χ1n) is 9.90. The first-order valence-corrected chi connectivity index (χ1v) is 9.90. The number of benzene rings is 1. The predicted octanol–water partition coefficient (Wildman–Crippen LogP) is 3.50. The molecular formula is C22H29FN4O.